The fourth-order valence-corrected chi connectivity index (χ4v) is 3.25. The summed E-state index contributed by atoms with van der Waals surface area (Å²) in [5.41, 5.74) is 0.556. The number of rotatable bonds is 6. The highest BCUT2D eigenvalue weighted by atomic mass is 14.9. The zero-order chi connectivity index (χ0) is 12.9. The van der Waals surface area contributed by atoms with Gasteiger partial charge in [-0.05, 0) is 50.4 Å². The number of hydrogen-bond donors (Lipinski definition) is 1. The molecule has 1 saturated carbocycles. The van der Waals surface area contributed by atoms with Crippen LogP contribution in [0.5, 0.6) is 0 Å². The highest BCUT2D eigenvalue weighted by Crippen LogP contribution is 2.40. The average Bonchev–Trinajstić information content (AvgIpc) is 2.30. The zero-order valence-corrected chi connectivity index (χ0v) is 12.7. The van der Waals surface area contributed by atoms with Crippen molar-refractivity contribution in [1.82, 2.24) is 5.32 Å². The fourth-order valence-electron chi connectivity index (χ4n) is 3.25. The summed E-state index contributed by atoms with van der Waals surface area (Å²) in [5.74, 6) is 0.951. The summed E-state index contributed by atoms with van der Waals surface area (Å²) in [4.78, 5) is 0. The molecule has 1 atom stereocenters. The van der Waals surface area contributed by atoms with E-state index in [4.69, 9.17) is 0 Å². The van der Waals surface area contributed by atoms with Gasteiger partial charge in [0.15, 0.2) is 0 Å². The summed E-state index contributed by atoms with van der Waals surface area (Å²) in [6.45, 7) is 11.9. The second-order valence-corrected chi connectivity index (χ2v) is 6.75. The maximum Gasteiger partial charge on any atom is 0.00697 e. The third-order valence-corrected chi connectivity index (χ3v) is 4.99. The van der Waals surface area contributed by atoms with E-state index in [0.717, 1.165) is 12.0 Å². The van der Waals surface area contributed by atoms with Crippen LogP contribution in [0.4, 0.5) is 0 Å². The summed E-state index contributed by atoms with van der Waals surface area (Å²) >= 11 is 0. The Kier molecular flexibility index (Phi) is 5.99. The van der Waals surface area contributed by atoms with E-state index < -0.39 is 0 Å². The first-order valence-corrected chi connectivity index (χ1v) is 7.75. The van der Waals surface area contributed by atoms with E-state index in [1.807, 2.05) is 0 Å². The molecule has 0 aromatic rings. The van der Waals surface area contributed by atoms with Crippen LogP contribution in [-0.4, -0.2) is 12.1 Å². The Morgan fingerprint density at radius 1 is 1.12 bits per heavy atom. The Bertz CT molecular complexity index is 202. The normalized spacial score (nSPS) is 28.1. The minimum Gasteiger partial charge on any atom is -0.312 e. The van der Waals surface area contributed by atoms with Crippen molar-refractivity contribution < 1.29 is 0 Å². The smallest absolute Gasteiger partial charge is 0.00697 e. The Morgan fingerprint density at radius 2 is 1.71 bits per heavy atom. The molecule has 1 heteroatoms. The quantitative estimate of drug-likeness (QED) is 0.704. The summed E-state index contributed by atoms with van der Waals surface area (Å²) in [6.07, 6.45) is 9.58. The SMILES string of the molecule is CCCC(C)NC1CCC(C(C)(C)CC)CC1. The highest BCUT2D eigenvalue weighted by molar-refractivity contribution is 4.85. The van der Waals surface area contributed by atoms with E-state index in [9.17, 15) is 0 Å². The Morgan fingerprint density at radius 3 is 2.18 bits per heavy atom. The largest absolute Gasteiger partial charge is 0.312 e. The fraction of sp³-hybridized carbons (Fsp3) is 1.00. The first-order valence-electron chi connectivity index (χ1n) is 7.75. The first kappa shape index (κ1) is 15.0. The van der Waals surface area contributed by atoms with Crippen molar-refractivity contribution in [3.8, 4) is 0 Å². The Balaban J connectivity index is 2.31. The lowest BCUT2D eigenvalue weighted by Gasteiger charge is -2.39. The number of nitrogens with one attached hydrogen (secondary N) is 1. The lowest BCUT2D eigenvalue weighted by molar-refractivity contribution is 0.134. The van der Waals surface area contributed by atoms with Gasteiger partial charge in [-0.1, -0.05) is 40.5 Å². The van der Waals surface area contributed by atoms with E-state index in [1.54, 1.807) is 0 Å². The van der Waals surface area contributed by atoms with Crippen molar-refractivity contribution in [2.45, 2.75) is 91.6 Å². The molecule has 1 fully saturated rings. The summed E-state index contributed by atoms with van der Waals surface area (Å²) in [6, 6.07) is 1.50. The minimum atomic E-state index is 0.556. The molecule has 1 N–H and O–H groups in total. The molecule has 1 nitrogen and oxygen atoms in total. The topological polar surface area (TPSA) is 12.0 Å². The van der Waals surface area contributed by atoms with Crippen LogP contribution in [0.15, 0.2) is 0 Å². The molecule has 0 amide bonds. The van der Waals surface area contributed by atoms with Gasteiger partial charge in [0, 0.05) is 12.1 Å². The van der Waals surface area contributed by atoms with Crippen molar-refractivity contribution in [1.29, 1.82) is 0 Å². The first-order chi connectivity index (χ1) is 7.99. The van der Waals surface area contributed by atoms with E-state index >= 15 is 0 Å². The lowest BCUT2D eigenvalue weighted by Crippen LogP contribution is -2.40. The van der Waals surface area contributed by atoms with Crippen molar-refractivity contribution >= 4 is 0 Å². The second kappa shape index (κ2) is 6.78. The minimum absolute atomic E-state index is 0.556. The third-order valence-electron chi connectivity index (χ3n) is 4.99. The molecule has 0 spiro atoms. The van der Waals surface area contributed by atoms with Crippen molar-refractivity contribution in [2.24, 2.45) is 11.3 Å². The van der Waals surface area contributed by atoms with E-state index in [-0.39, 0.29) is 0 Å². The molecule has 0 heterocycles. The van der Waals surface area contributed by atoms with Crippen LogP contribution in [0, 0.1) is 11.3 Å². The van der Waals surface area contributed by atoms with Crippen LogP contribution < -0.4 is 5.32 Å². The maximum absolute atomic E-state index is 3.81. The Hall–Kier alpha value is -0.0400. The Labute approximate surface area is 109 Å². The molecule has 0 aromatic heterocycles. The molecule has 0 bridgehead atoms. The van der Waals surface area contributed by atoms with Crippen LogP contribution in [0.1, 0.15) is 79.6 Å². The van der Waals surface area contributed by atoms with Gasteiger partial charge in [-0.3, -0.25) is 0 Å². The molecule has 0 saturated heterocycles. The molecule has 17 heavy (non-hydrogen) atoms. The molecular formula is C16H33N. The molecule has 1 aliphatic rings. The van der Waals surface area contributed by atoms with Gasteiger partial charge in [0.25, 0.3) is 0 Å². The molecule has 0 aliphatic heterocycles. The van der Waals surface area contributed by atoms with Gasteiger partial charge in [-0.25, -0.2) is 0 Å². The summed E-state index contributed by atoms with van der Waals surface area (Å²) in [5, 5.41) is 3.81. The predicted octanol–water partition coefficient (Wildman–Crippen LogP) is 4.76. The maximum atomic E-state index is 3.81. The van der Waals surface area contributed by atoms with Crippen LogP contribution in [0.3, 0.4) is 0 Å². The van der Waals surface area contributed by atoms with Crippen LogP contribution in [0.2, 0.25) is 0 Å². The van der Waals surface area contributed by atoms with Crippen molar-refractivity contribution in [2.75, 3.05) is 0 Å². The predicted molar refractivity (Wildman–Crippen MR) is 77.3 cm³/mol. The molecule has 102 valence electrons. The van der Waals surface area contributed by atoms with Crippen LogP contribution in [0.25, 0.3) is 0 Å². The van der Waals surface area contributed by atoms with E-state index in [0.29, 0.717) is 11.5 Å². The van der Waals surface area contributed by atoms with Gasteiger partial charge < -0.3 is 5.32 Å². The van der Waals surface area contributed by atoms with Gasteiger partial charge in [-0.2, -0.15) is 0 Å². The molecule has 0 radical (unpaired) electrons. The monoisotopic (exact) mass is 239 g/mol. The van der Waals surface area contributed by atoms with Gasteiger partial charge in [0.1, 0.15) is 0 Å². The number of hydrogen-bond acceptors (Lipinski definition) is 1. The van der Waals surface area contributed by atoms with Gasteiger partial charge in [0.2, 0.25) is 0 Å². The zero-order valence-electron chi connectivity index (χ0n) is 12.7. The molecule has 1 aliphatic carbocycles. The van der Waals surface area contributed by atoms with Crippen LogP contribution >= 0.6 is 0 Å². The molecular weight excluding hydrogens is 206 g/mol. The molecule has 1 rings (SSSR count). The molecule has 1 unspecified atom stereocenters. The van der Waals surface area contributed by atoms with E-state index in [2.05, 4.69) is 39.9 Å². The van der Waals surface area contributed by atoms with Gasteiger partial charge >= 0.3 is 0 Å². The standard InChI is InChI=1S/C16H33N/c1-6-8-13(3)17-15-11-9-14(10-12-15)16(4,5)7-2/h13-15,17H,6-12H2,1-5H3. The third kappa shape index (κ3) is 4.62. The van der Waals surface area contributed by atoms with Gasteiger partial charge in [-0.15, -0.1) is 0 Å². The summed E-state index contributed by atoms with van der Waals surface area (Å²) in [7, 11) is 0. The van der Waals surface area contributed by atoms with Crippen molar-refractivity contribution in [3.05, 3.63) is 0 Å². The summed E-state index contributed by atoms with van der Waals surface area (Å²) < 4.78 is 0. The van der Waals surface area contributed by atoms with Crippen molar-refractivity contribution in [3.63, 3.8) is 0 Å². The van der Waals surface area contributed by atoms with Crippen LogP contribution in [-0.2, 0) is 0 Å². The average molecular weight is 239 g/mol. The molecule has 0 aromatic carbocycles. The van der Waals surface area contributed by atoms with Gasteiger partial charge in [0.05, 0.1) is 0 Å². The lowest BCUT2D eigenvalue weighted by atomic mass is 9.69. The van der Waals surface area contributed by atoms with E-state index in [1.165, 1.54) is 44.9 Å². The second-order valence-electron chi connectivity index (χ2n) is 6.75. The highest BCUT2D eigenvalue weighted by Gasteiger charge is 2.31.